The quantitative estimate of drug-likeness (QED) is 0.930. The van der Waals surface area contributed by atoms with Gasteiger partial charge in [0.15, 0.2) is 0 Å². The highest BCUT2D eigenvalue weighted by molar-refractivity contribution is 6.05. The maximum absolute atomic E-state index is 13.7. The molecule has 4 nitrogen and oxygen atoms in total. The van der Waals surface area contributed by atoms with Crippen molar-refractivity contribution < 1.29 is 14.0 Å². The summed E-state index contributed by atoms with van der Waals surface area (Å²) < 4.78 is 13.7. The second-order valence-electron chi connectivity index (χ2n) is 5.99. The number of nitrogens with one attached hydrogen (secondary N) is 1. The van der Waals surface area contributed by atoms with Gasteiger partial charge in [-0.1, -0.05) is 6.07 Å². The molecular weight excluding hydrogens is 307 g/mol. The van der Waals surface area contributed by atoms with Gasteiger partial charge in [0, 0.05) is 24.2 Å². The first-order chi connectivity index (χ1) is 11.5. The fraction of sp³-hybridized carbons (Fsp3) is 0.263. The molecule has 1 saturated heterocycles. The first kappa shape index (κ1) is 16.2. The number of nitrogens with zero attached hydrogens (tertiary/aromatic N) is 1. The van der Waals surface area contributed by atoms with Crippen LogP contribution in [-0.2, 0) is 4.79 Å². The first-order valence-corrected chi connectivity index (χ1v) is 8.02. The second-order valence-corrected chi connectivity index (χ2v) is 5.99. The van der Waals surface area contributed by atoms with Crippen molar-refractivity contribution in [3.05, 3.63) is 59.4 Å². The molecule has 0 spiro atoms. The molecule has 2 aromatic rings. The maximum atomic E-state index is 13.7. The Bertz CT molecular complexity index is 771. The smallest absolute Gasteiger partial charge is 0.255 e. The molecule has 1 N–H and O–H groups in total. The van der Waals surface area contributed by atoms with Gasteiger partial charge in [0.25, 0.3) is 5.91 Å². The number of rotatable bonds is 3. The average molecular weight is 326 g/mol. The van der Waals surface area contributed by atoms with Crippen molar-refractivity contribution in [2.45, 2.75) is 26.2 Å². The number of carbonyl (C=O) groups is 2. The van der Waals surface area contributed by atoms with Gasteiger partial charge in [-0.05, 0) is 61.7 Å². The summed E-state index contributed by atoms with van der Waals surface area (Å²) in [4.78, 5) is 25.9. The molecule has 0 radical (unpaired) electrons. The maximum Gasteiger partial charge on any atom is 0.255 e. The van der Waals surface area contributed by atoms with Crippen LogP contribution in [0.4, 0.5) is 15.8 Å². The molecule has 1 heterocycles. The van der Waals surface area contributed by atoms with Crippen molar-refractivity contribution in [1.82, 2.24) is 0 Å². The molecule has 2 amide bonds. The number of carbonyl (C=O) groups excluding carboxylic acids is 2. The molecule has 1 fully saturated rings. The van der Waals surface area contributed by atoms with E-state index in [-0.39, 0.29) is 17.5 Å². The number of benzene rings is 2. The van der Waals surface area contributed by atoms with Crippen LogP contribution in [0.25, 0.3) is 0 Å². The minimum atomic E-state index is -0.468. The number of halogens is 1. The van der Waals surface area contributed by atoms with E-state index in [4.69, 9.17) is 0 Å². The zero-order valence-electron chi connectivity index (χ0n) is 13.5. The lowest BCUT2D eigenvalue weighted by Crippen LogP contribution is -2.35. The zero-order chi connectivity index (χ0) is 17.1. The third-order valence-corrected chi connectivity index (χ3v) is 4.13. The van der Waals surface area contributed by atoms with Crippen molar-refractivity contribution in [2.75, 3.05) is 16.8 Å². The van der Waals surface area contributed by atoms with Crippen molar-refractivity contribution in [3.63, 3.8) is 0 Å². The SMILES string of the molecule is Cc1ccc(F)c(NC(=O)c2ccc(N3CCCCC3=O)cc2)c1. The zero-order valence-corrected chi connectivity index (χ0v) is 13.5. The predicted molar refractivity (Wildman–Crippen MR) is 91.7 cm³/mol. The molecule has 0 aliphatic carbocycles. The Balaban J connectivity index is 1.74. The molecule has 0 bridgehead atoms. The second kappa shape index (κ2) is 6.83. The summed E-state index contributed by atoms with van der Waals surface area (Å²) >= 11 is 0. The van der Waals surface area contributed by atoms with Crippen molar-refractivity contribution in [2.24, 2.45) is 0 Å². The first-order valence-electron chi connectivity index (χ1n) is 8.02. The van der Waals surface area contributed by atoms with Gasteiger partial charge in [0.05, 0.1) is 5.69 Å². The summed E-state index contributed by atoms with van der Waals surface area (Å²) in [7, 11) is 0. The molecule has 1 aliphatic rings. The average Bonchev–Trinajstić information content (AvgIpc) is 2.59. The minimum Gasteiger partial charge on any atom is -0.319 e. The van der Waals surface area contributed by atoms with E-state index in [0.29, 0.717) is 18.5 Å². The highest BCUT2D eigenvalue weighted by Crippen LogP contribution is 2.22. The summed E-state index contributed by atoms with van der Waals surface area (Å²) in [5.74, 6) is -0.735. The van der Waals surface area contributed by atoms with Gasteiger partial charge in [-0.2, -0.15) is 0 Å². The molecule has 0 aromatic heterocycles. The number of hydrogen-bond acceptors (Lipinski definition) is 2. The van der Waals surface area contributed by atoms with Crippen LogP contribution in [0.3, 0.4) is 0 Å². The molecule has 0 unspecified atom stereocenters. The van der Waals surface area contributed by atoms with Crippen LogP contribution in [0.5, 0.6) is 0 Å². The fourth-order valence-electron chi connectivity index (χ4n) is 2.80. The van der Waals surface area contributed by atoms with Crippen LogP contribution in [0.2, 0.25) is 0 Å². The molecule has 0 saturated carbocycles. The lowest BCUT2D eigenvalue weighted by Gasteiger charge is -2.26. The largest absolute Gasteiger partial charge is 0.319 e. The number of aryl methyl sites for hydroxylation is 1. The number of piperidine rings is 1. The van der Waals surface area contributed by atoms with Crippen LogP contribution in [0.1, 0.15) is 35.2 Å². The summed E-state index contributed by atoms with van der Waals surface area (Å²) in [6, 6.07) is 11.4. The molecule has 0 atom stereocenters. The Morgan fingerprint density at radius 3 is 2.58 bits per heavy atom. The molecule has 1 aliphatic heterocycles. The van der Waals surface area contributed by atoms with Gasteiger partial charge in [0.2, 0.25) is 5.91 Å². The monoisotopic (exact) mass is 326 g/mol. The van der Waals surface area contributed by atoms with Crippen LogP contribution in [0, 0.1) is 12.7 Å². The highest BCUT2D eigenvalue weighted by Gasteiger charge is 2.19. The highest BCUT2D eigenvalue weighted by atomic mass is 19.1. The Labute approximate surface area is 140 Å². The van der Waals surface area contributed by atoms with Crippen molar-refractivity contribution in [1.29, 1.82) is 0 Å². The molecular formula is C19H19FN2O2. The van der Waals surface area contributed by atoms with Crippen LogP contribution in [0.15, 0.2) is 42.5 Å². The van der Waals surface area contributed by atoms with Crippen LogP contribution >= 0.6 is 0 Å². The molecule has 2 aromatic carbocycles. The molecule has 5 heteroatoms. The summed E-state index contributed by atoms with van der Waals surface area (Å²) in [5.41, 5.74) is 2.24. The lowest BCUT2D eigenvalue weighted by atomic mass is 10.1. The standard InChI is InChI=1S/C19H19FN2O2/c1-13-5-10-16(20)17(12-13)21-19(24)14-6-8-15(9-7-14)22-11-3-2-4-18(22)23/h5-10,12H,2-4,11H2,1H3,(H,21,24). The van der Waals surface area contributed by atoms with Crippen molar-refractivity contribution in [3.8, 4) is 0 Å². The third kappa shape index (κ3) is 3.45. The van der Waals surface area contributed by atoms with Gasteiger partial charge in [-0.15, -0.1) is 0 Å². The fourth-order valence-corrected chi connectivity index (χ4v) is 2.80. The van der Waals surface area contributed by atoms with E-state index in [0.717, 1.165) is 24.1 Å². The predicted octanol–water partition coefficient (Wildman–Crippen LogP) is 3.90. The van der Waals surface area contributed by atoms with E-state index in [2.05, 4.69) is 5.32 Å². The van der Waals surface area contributed by atoms with E-state index in [1.807, 2.05) is 6.92 Å². The summed E-state index contributed by atoms with van der Waals surface area (Å²) in [6.45, 7) is 2.54. The Morgan fingerprint density at radius 1 is 1.12 bits per heavy atom. The van der Waals surface area contributed by atoms with Gasteiger partial charge in [0.1, 0.15) is 5.82 Å². The van der Waals surface area contributed by atoms with Gasteiger partial charge < -0.3 is 10.2 Å². The lowest BCUT2D eigenvalue weighted by molar-refractivity contribution is -0.119. The summed E-state index contributed by atoms with van der Waals surface area (Å²) in [6.07, 6.45) is 2.48. The number of hydrogen-bond donors (Lipinski definition) is 1. The number of amides is 2. The van der Waals surface area contributed by atoms with E-state index in [9.17, 15) is 14.0 Å². The van der Waals surface area contributed by atoms with Gasteiger partial charge in [-0.3, -0.25) is 9.59 Å². The Kier molecular flexibility index (Phi) is 4.60. The van der Waals surface area contributed by atoms with E-state index in [1.165, 1.54) is 6.07 Å². The number of anilines is 2. The van der Waals surface area contributed by atoms with E-state index >= 15 is 0 Å². The van der Waals surface area contributed by atoms with Crippen LogP contribution < -0.4 is 10.2 Å². The van der Waals surface area contributed by atoms with Gasteiger partial charge >= 0.3 is 0 Å². The third-order valence-electron chi connectivity index (χ3n) is 4.13. The Morgan fingerprint density at radius 2 is 1.88 bits per heavy atom. The normalized spacial score (nSPS) is 14.6. The van der Waals surface area contributed by atoms with Gasteiger partial charge in [-0.25, -0.2) is 4.39 Å². The Hall–Kier alpha value is -2.69. The summed E-state index contributed by atoms with van der Waals surface area (Å²) in [5, 5.41) is 2.58. The molecule has 3 rings (SSSR count). The van der Waals surface area contributed by atoms with E-state index in [1.54, 1.807) is 41.3 Å². The molecule has 124 valence electrons. The van der Waals surface area contributed by atoms with E-state index < -0.39 is 5.82 Å². The van der Waals surface area contributed by atoms with Crippen molar-refractivity contribution >= 4 is 23.2 Å². The minimum absolute atomic E-state index is 0.111. The topological polar surface area (TPSA) is 49.4 Å². The van der Waals surface area contributed by atoms with Crippen LogP contribution in [-0.4, -0.2) is 18.4 Å². The molecule has 24 heavy (non-hydrogen) atoms.